The van der Waals surface area contributed by atoms with Crippen LogP contribution >= 0.6 is 0 Å². The zero-order valence-electron chi connectivity index (χ0n) is 24.4. The molecule has 1 spiro atoms. The number of urea groups is 1. The Morgan fingerprint density at radius 1 is 1.09 bits per heavy atom. The van der Waals surface area contributed by atoms with Gasteiger partial charge in [-0.3, -0.25) is 14.7 Å². The fourth-order valence-electron chi connectivity index (χ4n) is 6.37. The molecule has 43 heavy (non-hydrogen) atoms. The fraction of sp³-hybridized carbons (Fsp3) is 0.679. The van der Waals surface area contributed by atoms with E-state index in [1.807, 2.05) is 13.8 Å². The molecule has 1 aromatic rings. The van der Waals surface area contributed by atoms with E-state index in [4.69, 9.17) is 5.73 Å². The van der Waals surface area contributed by atoms with Crippen molar-refractivity contribution in [2.75, 3.05) is 30.8 Å². The molecule has 0 atom stereocenters. The molecule has 15 heteroatoms. The molecule has 9 nitrogen and oxygen atoms in total. The number of primary amides is 1. The number of piperidine rings is 1. The zero-order chi connectivity index (χ0) is 32.0. The number of hydrogen-bond donors (Lipinski definition) is 2. The lowest BCUT2D eigenvalue weighted by molar-refractivity contribution is -0.288. The average molecular weight is 636 g/mol. The maximum Gasteiger partial charge on any atom is 0.453 e. The number of carbonyl (C=O) groups excluding carboxylic acids is 2. The Balaban J connectivity index is 1.33. The molecule has 1 saturated carbocycles. The first kappa shape index (κ1) is 33.1. The highest BCUT2D eigenvalue weighted by molar-refractivity contribution is 7.89. The summed E-state index contributed by atoms with van der Waals surface area (Å²) in [7, 11) is -2.10. The Morgan fingerprint density at radius 3 is 2.16 bits per heavy atom. The number of nitrogens with two attached hydrogens (primary N) is 1. The van der Waals surface area contributed by atoms with Gasteiger partial charge in [-0.1, -0.05) is 0 Å². The van der Waals surface area contributed by atoms with Gasteiger partial charge in [0.1, 0.15) is 11.4 Å². The first-order valence-electron chi connectivity index (χ1n) is 14.3. The lowest BCUT2D eigenvalue weighted by Crippen LogP contribution is -2.51. The van der Waals surface area contributed by atoms with Gasteiger partial charge in [-0.05, 0) is 93.5 Å². The number of rotatable bonds is 8. The van der Waals surface area contributed by atoms with Crippen molar-refractivity contribution in [2.24, 2.45) is 22.6 Å². The molecule has 4 rings (SSSR count). The molecule has 2 aliphatic heterocycles. The molecular weight excluding hydrogens is 597 g/mol. The van der Waals surface area contributed by atoms with Crippen LogP contribution in [-0.2, 0) is 21.2 Å². The minimum absolute atomic E-state index is 0.103. The fourth-order valence-corrected chi connectivity index (χ4v) is 7.83. The maximum atomic E-state index is 13.5. The van der Waals surface area contributed by atoms with E-state index in [2.05, 4.69) is 10.3 Å². The Labute approximate surface area is 248 Å². The summed E-state index contributed by atoms with van der Waals surface area (Å²) in [5.41, 5.74) is 7.38. The smallest absolute Gasteiger partial charge is 0.351 e. The Morgan fingerprint density at radius 2 is 1.65 bits per heavy atom. The summed E-state index contributed by atoms with van der Waals surface area (Å²) in [4.78, 5) is 30.5. The lowest BCUT2D eigenvalue weighted by Gasteiger charge is -2.35. The van der Waals surface area contributed by atoms with E-state index >= 15 is 0 Å². The topological polar surface area (TPSA) is 125 Å². The summed E-state index contributed by atoms with van der Waals surface area (Å²) < 4.78 is 92.6. The number of anilines is 1. The molecular formula is C28H38F5N5O4S. The predicted molar refractivity (Wildman–Crippen MR) is 152 cm³/mol. The normalized spacial score (nSPS) is 23.3. The van der Waals surface area contributed by atoms with Gasteiger partial charge in [-0.15, -0.1) is 0 Å². The van der Waals surface area contributed by atoms with E-state index in [1.54, 1.807) is 19.2 Å². The van der Waals surface area contributed by atoms with Crippen LogP contribution in [0.25, 0.3) is 0 Å². The first-order valence-corrected chi connectivity index (χ1v) is 15.9. The van der Waals surface area contributed by atoms with Crippen molar-refractivity contribution in [3.63, 3.8) is 0 Å². The Bertz CT molecular complexity index is 1360. The third-order valence-electron chi connectivity index (χ3n) is 9.14. The minimum atomic E-state index is -5.57. The standard InChI is InChI=1S/C28H38F5N5O4S/c1-17-14-21(37(3)25(34)40)15-18(2)22(17)8-13-43(41,42)38-11-9-26(10-12-38)24(39)35-23(36-26)20-6-4-19(5-7-20)16-27(29,30)28(31,32)33/h14-15,19-20H,4-13,16H2,1-3H3,(H2,34,40)(H,35,36,39). The van der Waals surface area contributed by atoms with Gasteiger partial charge >= 0.3 is 18.1 Å². The van der Waals surface area contributed by atoms with Gasteiger partial charge in [0.15, 0.2) is 0 Å². The van der Waals surface area contributed by atoms with Crippen LogP contribution in [0.4, 0.5) is 32.4 Å². The molecule has 240 valence electrons. The summed E-state index contributed by atoms with van der Waals surface area (Å²) in [5.74, 6) is -5.80. The predicted octanol–water partition coefficient (Wildman–Crippen LogP) is 4.45. The molecule has 2 fully saturated rings. The number of nitrogens with zero attached hydrogens (tertiary/aromatic N) is 3. The van der Waals surface area contributed by atoms with Crippen molar-refractivity contribution in [2.45, 2.75) is 82.9 Å². The van der Waals surface area contributed by atoms with Crippen molar-refractivity contribution in [3.05, 3.63) is 28.8 Å². The van der Waals surface area contributed by atoms with Crippen LogP contribution < -0.4 is 16.0 Å². The molecule has 0 aromatic heterocycles. The maximum absolute atomic E-state index is 13.5. The number of halogens is 5. The van der Waals surface area contributed by atoms with E-state index in [1.165, 1.54) is 9.21 Å². The van der Waals surface area contributed by atoms with Crippen LogP contribution in [0.1, 0.15) is 61.6 Å². The number of benzene rings is 1. The highest BCUT2D eigenvalue weighted by Crippen LogP contribution is 2.44. The third kappa shape index (κ3) is 6.97. The number of aryl methyl sites for hydroxylation is 2. The summed E-state index contributed by atoms with van der Waals surface area (Å²) >= 11 is 0. The number of aliphatic imine (C=N–C) groups is 1. The van der Waals surface area contributed by atoms with Crippen molar-refractivity contribution >= 4 is 33.5 Å². The molecule has 2 heterocycles. The Kier molecular flexibility index (Phi) is 9.19. The minimum Gasteiger partial charge on any atom is -0.351 e. The van der Waals surface area contributed by atoms with Crippen LogP contribution in [0.15, 0.2) is 17.1 Å². The van der Waals surface area contributed by atoms with E-state index < -0.39 is 46.0 Å². The second kappa shape index (κ2) is 11.9. The number of sulfonamides is 1. The number of amides is 3. The Hall–Kier alpha value is -2.81. The van der Waals surface area contributed by atoms with Gasteiger partial charge < -0.3 is 11.1 Å². The van der Waals surface area contributed by atoms with Crippen molar-refractivity contribution in [1.82, 2.24) is 9.62 Å². The summed E-state index contributed by atoms with van der Waals surface area (Å²) in [6.07, 6.45) is -5.16. The van der Waals surface area contributed by atoms with Crippen LogP contribution in [0.5, 0.6) is 0 Å². The van der Waals surface area contributed by atoms with Gasteiger partial charge in [-0.2, -0.15) is 22.0 Å². The SMILES string of the molecule is Cc1cc(N(C)C(N)=O)cc(C)c1CCS(=O)(=O)N1CCC2(CC1)N=C(C1CCC(CC(F)(F)C(F)(F)F)CC1)NC2=O. The van der Waals surface area contributed by atoms with Crippen LogP contribution in [0.3, 0.4) is 0 Å². The highest BCUT2D eigenvalue weighted by Gasteiger charge is 2.58. The van der Waals surface area contributed by atoms with Gasteiger partial charge in [0.25, 0.3) is 5.91 Å². The third-order valence-corrected chi connectivity index (χ3v) is 11.0. The van der Waals surface area contributed by atoms with E-state index in [0.29, 0.717) is 24.4 Å². The van der Waals surface area contributed by atoms with Gasteiger partial charge in [0, 0.05) is 38.2 Å². The van der Waals surface area contributed by atoms with Crippen molar-refractivity contribution in [3.8, 4) is 0 Å². The molecule has 0 unspecified atom stereocenters. The van der Waals surface area contributed by atoms with Crippen molar-refractivity contribution in [1.29, 1.82) is 0 Å². The quantitative estimate of drug-likeness (QED) is 0.410. The zero-order valence-corrected chi connectivity index (χ0v) is 25.3. The van der Waals surface area contributed by atoms with Crippen molar-refractivity contribution < 1.29 is 40.0 Å². The number of hydrogen-bond acceptors (Lipinski definition) is 5. The van der Waals surface area contributed by atoms with Gasteiger partial charge in [-0.25, -0.2) is 17.5 Å². The number of carbonyl (C=O) groups is 2. The van der Waals surface area contributed by atoms with Crippen LogP contribution in [-0.4, -0.2) is 74.0 Å². The van der Waals surface area contributed by atoms with E-state index in [9.17, 15) is 40.0 Å². The monoisotopic (exact) mass is 635 g/mol. The van der Waals surface area contributed by atoms with Crippen LogP contribution in [0.2, 0.25) is 0 Å². The summed E-state index contributed by atoms with van der Waals surface area (Å²) in [5, 5.41) is 2.79. The van der Waals surface area contributed by atoms with Crippen LogP contribution in [0, 0.1) is 25.7 Å². The second-order valence-corrected chi connectivity index (χ2v) is 14.1. The number of amidine groups is 1. The van der Waals surface area contributed by atoms with Gasteiger partial charge in [0.05, 0.1) is 5.75 Å². The van der Waals surface area contributed by atoms with E-state index in [0.717, 1.165) is 16.7 Å². The number of nitrogens with one attached hydrogen (secondary N) is 1. The second-order valence-electron chi connectivity index (χ2n) is 12.0. The van der Waals surface area contributed by atoms with E-state index in [-0.39, 0.29) is 62.8 Å². The molecule has 3 N–H and O–H groups in total. The molecule has 0 radical (unpaired) electrons. The molecule has 3 aliphatic rings. The molecule has 1 aliphatic carbocycles. The summed E-state index contributed by atoms with van der Waals surface area (Å²) in [6, 6.07) is 2.95. The first-order chi connectivity index (χ1) is 19.8. The highest BCUT2D eigenvalue weighted by atomic mass is 32.2. The number of alkyl halides is 5. The molecule has 3 amide bonds. The molecule has 1 saturated heterocycles. The average Bonchev–Trinajstić information content (AvgIpc) is 3.22. The molecule has 0 bridgehead atoms. The largest absolute Gasteiger partial charge is 0.453 e. The summed E-state index contributed by atoms with van der Waals surface area (Å²) in [6.45, 7) is 3.89. The lowest BCUT2D eigenvalue weighted by atomic mass is 9.79. The van der Waals surface area contributed by atoms with Gasteiger partial charge in [0.2, 0.25) is 10.0 Å². The molecule has 1 aromatic carbocycles.